The molecule has 0 unspecified atom stereocenters. The van der Waals surface area contributed by atoms with Gasteiger partial charge in [0.1, 0.15) is 0 Å². The number of hydrogen-bond acceptors (Lipinski definition) is 8. The predicted octanol–water partition coefficient (Wildman–Crippen LogP) is 3.95. The van der Waals surface area contributed by atoms with Gasteiger partial charge >= 0.3 is 0 Å². The maximum atomic E-state index is 10.8. The Morgan fingerprint density at radius 2 is 1.31 bits per heavy atom. The van der Waals surface area contributed by atoms with E-state index in [-0.39, 0.29) is 11.4 Å². The van der Waals surface area contributed by atoms with E-state index in [4.69, 9.17) is 0 Å². The Morgan fingerprint density at radius 1 is 0.793 bits per heavy atom. The lowest BCUT2D eigenvalue weighted by molar-refractivity contribution is -0.385. The van der Waals surface area contributed by atoms with E-state index in [1.54, 1.807) is 35.6 Å². The van der Waals surface area contributed by atoms with Gasteiger partial charge in [0.05, 0.1) is 15.5 Å². The second-order valence-corrected chi connectivity index (χ2v) is 7.40. The lowest BCUT2D eigenvalue weighted by Crippen LogP contribution is -2.46. The summed E-state index contributed by atoms with van der Waals surface area (Å²) < 4.78 is 0. The van der Waals surface area contributed by atoms with Crippen LogP contribution in [0, 0.1) is 20.2 Å². The summed E-state index contributed by atoms with van der Waals surface area (Å²) in [7, 11) is 0. The van der Waals surface area contributed by atoms with Crippen LogP contribution < -0.4 is 9.80 Å². The zero-order chi connectivity index (χ0) is 20.4. The molecule has 1 aliphatic heterocycles. The summed E-state index contributed by atoms with van der Waals surface area (Å²) in [6.07, 6.45) is 0. The number of non-ortho nitro benzene ring substituents is 2. The van der Waals surface area contributed by atoms with Crippen LogP contribution in [0.3, 0.4) is 0 Å². The maximum Gasteiger partial charge on any atom is 0.269 e. The Morgan fingerprint density at radius 3 is 1.86 bits per heavy atom. The number of hydrogen-bond donors (Lipinski definition) is 0. The number of nitro groups is 2. The Hall–Kier alpha value is -3.53. The van der Waals surface area contributed by atoms with Crippen molar-refractivity contribution < 1.29 is 9.85 Å². The second kappa shape index (κ2) is 7.84. The predicted molar refractivity (Wildman–Crippen MR) is 112 cm³/mol. The van der Waals surface area contributed by atoms with Gasteiger partial charge in [-0.3, -0.25) is 20.2 Å². The lowest BCUT2D eigenvalue weighted by Gasteiger charge is -2.35. The summed E-state index contributed by atoms with van der Waals surface area (Å²) >= 11 is 1.55. The number of thiazole rings is 1. The van der Waals surface area contributed by atoms with E-state index in [1.165, 1.54) is 24.3 Å². The van der Waals surface area contributed by atoms with Gasteiger partial charge in [0.15, 0.2) is 5.13 Å². The number of benzene rings is 2. The summed E-state index contributed by atoms with van der Waals surface area (Å²) in [5, 5.41) is 24.5. The second-order valence-electron chi connectivity index (χ2n) is 6.57. The van der Waals surface area contributed by atoms with Gasteiger partial charge in [0.2, 0.25) is 0 Å². The summed E-state index contributed by atoms with van der Waals surface area (Å²) in [5.74, 6) is 0. The molecule has 0 saturated carbocycles. The molecule has 1 aliphatic rings. The van der Waals surface area contributed by atoms with Gasteiger partial charge in [-0.05, 0) is 24.3 Å². The van der Waals surface area contributed by atoms with Crippen molar-refractivity contribution in [3.05, 3.63) is 74.1 Å². The third-order valence-electron chi connectivity index (χ3n) is 4.84. The Labute approximate surface area is 170 Å². The van der Waals surface area contributed by atoms with Crippen LogP contribution in [0.25, 0.3) is 11.3 Å². The van der Waals surface area contributed by atoms with Gasteiger partial charge in [-0.15, -0.1) is 11.3 Å². The third-order valence-corrected chi connectivity index (χ3v) is 5.74. The first-order valence-electron chi connectivity index (χ1n) is 8.96. The van der Waals surface area contributed by atoms with Crippen LogP contribution in [-0.2, 0) is 0 Å². The largest absolute Gasteiger partial charge is 0.368 e. The van der Waals surface area contributed by atoms with Gasteiger partial charge in [0, 0.05) is 67.1 Å². The Balaban J connectivity index is 1.40. The zero-order valence-corrected chi connectivity index (χ0v) is 16.1. The molecular formula is C19H17N5O4S. The first kappa shape index (κ1) is 18.8. The van der Waals surface area contributed by atoms with Crippen LogP contribution in [0.2, 0.25) is 0 Å². The number of anilines is 2. The molecule has 0 spiro atoms. The standard InChI is InChI=1S/C19H17N5O4S/c25-23(26)16-3-1-14(2-4-16)18-13-29-19(20-18)22-11-9-21(10-12-22)15-5-7-17(8-6-15)24(27)28/h1-8,13H,9-12H2. The summed E-state index contributed by atoms with van der Waals surface area (Å²) in [6, 6.07) is 13.0. The number of piperazine rings is 1. The maximum absolute atomic E-state index is 10.8. The van der Waals surface area contributed by atoms with Crippen molar-refractivity contribution in [1.82, 2.24) is 4.98 Å². The minimum atomic E-state index is -0.416. The van der Waals surface area contributed by atoms with E-state index < -0.39 is 9.85 Å². The third kappa shape index (κ3) is 4.02. The summed E-state index contributed by atoms with van der Waals surface area (Å²) in [5.41, 5.74) is 2.78. The molecule has 0 atom stereocenters. The fourth-order valence-corrected chi connectivity index (χ4v) is 4.13. The van der Waals surface area contributed by atoms with Crippen molar-refractivity contribution >= 4 is 33.5 Å². The molecule has 10 heteroatoms. The number of rotatable bonds is 5. The highest BCUT2D eigenvalue weighted by Crippen LogP contribution is 2.30. The minimum absolute atomic E-state index is 0.0616. The highest BCUT2D eigenvalue weighted by Gasteiger charge is 2.20. The van der Waals surface area contributed by atoms with Crippen molar-refractivity contribution in [2.24, 2.45) is 0 Å². The SMILES string of the molecule is O=[N+]([O-])c1ccc(-c2csc(N3CCN(c4ccc([N+](=O)[O-])cc4)CC3)n2)cc1. The monoisotopic (exact) mass is 411 g/mol. The van der Waals surface area contributed by atoms with Crippen LogP contribution in [-0.4, -0.2) is 41.0 Å². The number of aromatic nitrogens is 1. The van der Waals surface area contributed by atoms with Crippen molar-refractivity contribution in [1.29, 1.82) is 0 Å². The fourth-order valence-electron chi connectivity index (χ4n) is 3.24. The van der Waals surface area contributed by atoms with E-state index in [9.17, 15) is 20.2 Å². The molecule has 0 amide bonds. The first-order chi connectivity index (χ1) is 14.0. The molecule has 0 bridgehead atoms. The molecule has 1 aromatic heterocycles. The van der Waals surface area contributed by atoms with Gasteiger partial charge in [-0.2, -0.15) is 0 Å². The minimum Gasteiger partial charge on any atom is -0.368 e. The molecule has 148 valence electrons. The molecule has 0 radical (unpaired) electrons. The molecule has 2 aromatic carbocycles. The van der Waals surface area contributed by atoms with Crippen molar-refractivity contribution in [3.8, 4) is 11.3 Å². The van der Waals surface area contributed by atoms with Gasteiger partial charge in [-0.1, -0.05) is 0 Å². The lowest BCUT2D eigenvalue weighted by atomic mass is 10.1. The Kier molecular flexibility index (Phi) is 5.09. The highest BCUT2D eigenvalue weighted by molar-refractivity contribution is 7.14. The number of nitrogens with zero attached hydrogens (tertiary/aromatic N) is 5. The normalized spacial score (nSPS) is 14.1. The van der Waals surface area contributed by atoms with Crippen molar-refractivity contribution in [2.45, 2.75) is 0 Å². The number of nitro benzene ring substituents is 2. The average molecular weight is 411 g/mol. The Bertz CT molecular complexity index is 1030. The smallest absolute Gasteiger partial charge is 0.269 e. The first-order valence-corrected chi connectivity index (χ1v) is 9.84. The van der Waals surface area contributed by atoms with Crippen LogP contribution in [0.1, 0.15) is 0 Å². The van der Waals surface area contributed by atoms with E-state index in [0.717, 1.165) is 48.3 Å². The molecule has 1 saturated heterocycles. The fraction of sp³-hybridized carbons (Fsp3) is 0.211. The molecule has 2 heterocycles. The molecule has 29 heavy (non-hydrogen) atoms. The van der Waals surface area contributed by atoms with Crippen molar-refractivity contribution in [2.75, 3.05) is 36.0 Å². The molecule has 1 fully saturated rings. The topological polar surface area (TPSA) is 106 Å². The average Bonchev–Trinajstić information content (AvgIpc) is 3.24. The summed E-state index contributed by atoms with van der Waals surface area (Å²) in [6.45, 7) is 3.18. The summed E-state index contributed by atoms with van der Waals surface area (Å²) in [4.78, 5) is 29.9. The van der Waals surface area contributed by atoms with E-state index in [1.807, 2.05) is 5.38 Å². The van der Waals surface area contributed by atoms with Crippen LogP contribution >= 0.6 is 11.3 Å². The molecule has 0 aliphatic carbocycles. The molecule has 4 rings (SSSR count). The zero-order valence-electron chi connectivity index (χ0n) is 15.3. The van der Waals surface area contributed by atoms with E-state index >= 15 is 0 Å². The van der Waals surface area contributed by atoms with E-state index in [0.29, 0.717) is 0 Å². The van der Waals surface area contributed by atoms with Crippen LogP contribution in [0.15, 0.2) is 53.9 Å². The molecular weight excluding hydrogens is 394 g/mol. The van der Waals surface area contributed by atoms with Crippen LogP contribution in [0.4, 0.5) is 22.2 Å². The van der Waals surface area contributed by atoms with E-state index in [2.05, 4.69) is 14.8 Å². The molecule has 3 aromatic rings. The molecule has 0 N–H and O–H groups in total. The highest BCUT2D eigenvalue weighted by atomic mass is 32.1. The van der Waals surface area contributed by atoms with Gasteiger partial charge < -0.3 is 9.80 Å². The van der Waals surface area contributed by atoms with Gasteiger partial charge in [0.25, 0.3) is 11.4 Å². The van der Waals surface area contributed by atoms with Crippen molar-refractivity contribution in [3.63, 3.8) is 0 Å². The molecule has 9 nitrogen and oxygen atoms in total. The quantitative estimate of drug-likeness (QED) is 0.462. The van der Waals surface area contributed by atoms with Crippen LogP contribution in [0.5, 0.6) is 0 Å². The van der Waals surface area contributed by atoms with Gasteiger partial charge in [-0.25, -0.2) is 4.98 Å².